The van der Waals surface area contributed by atoms with Gasteiger partial charge in [-0.3, -0.25) is 19.4 Å². The van der Waals surface area contributed by atoms with Crippen LogP contribution in [0.5, 0.6) is 0 Å². The topological polar surface area (TPSA) is 70.1 Å². The van der Waals surface area contributed by atoms with Gasteiger partial charge in [0, 0.05) is 47.8 Å². The van der Waals surface area contributed by atoms with Gasteiger partial charge in [0.05, 0.1) is 0 Å². The van der Waals surface area contributed by atoms with Gasteiger partial charge in [0.15, 0.2) is 0 Å². The summed E-state index contributed by atoms with van der Waals surface area (Å²) in [6.07, 6.45) is 9.27. The van der Waals surface area contributed by atoms with Gasteiger partial charge < -0.3 is 9.84 Å². The Balaban J connectivity index is 2.02. The Morgan fingerprint density at radius 3 is 1.69 bits per heavy atom. The van der Waals surface area contributed by atoms with E-state index >= 15 is 0 Å². The first-order valence-corrected chi connectivity index (χ1v) is 14.3. The lowest BCUT2D eigenvalue weighted by molar-refractivity contribution is -0.159. The van der Waals surface area contributed by atoms with Crippen LogP contribution in [0.4, 0.5) is 0 Å². The fourth-order valence-corrected chi connectivity index (χ4v) is 7.17. The Morgan fingerprint density at radius 1 is 0.750 bits per heavy atom. The first-order valence-electron chi connectivity index (χ1n) is 14.3. The van der Waals surface area contributed by atoms with Crippen molar-refractivity contribution in [2.24, 2.45) is 11.8 Å². The maximum Gasteiger partial charge on any atom is 0.306 e. The molecule has 0 aliphatic carbocycles. The van der Waals surface area contributed by atoms with Crippen molar-refractivity contribution in [3.05, 3.63) is 0 Å². The van der Waals surface area contributed by atoms with Crippen molar-refractivity contribution in [1.82, 2.24) is 9.80 Å². The van der Waals surface area contributed by atoms with Crippen molar-refractivity contribution < 1.29 is 19.4 Å². The van der Waals surface area contributed by atoms with Crippen LogP contribution in [0.25, 0.3) is 0 Å². The molecule has 0 radical (unpaired) electrons. The molecule has 210 valence electrons. The van der Waals surface area contributed by atoms with Crippen LogP contribution in [0, 0.1) is 11.8 Å². The molecule has 2 aliphatic rings. The van der Waals surface area contributed by atoms with Crippen LogP contribution < -0.4 is 0 Å². The van der Waals surface area contributed by atoms with Gasteiger partial charge in [-0.1, -0.05) is 19.3 Å². The molecule has 2 heterocycles. The van der Waals surface area contributed by atoms with E-state index in [1.54, 1.807) is 0 Å². The molecule has 2 rings (SSSR count). The molecule has 36 heavy (non-hydrogen) atoms. The van der Waals surface area contributed by atoms with Crippen molar-refractivity contribution >= 4 is 11.9 Å². The number of esters is 1. The maximum absolute atomic E-state index is 13.1. The zero-order valence-corrected chi connectivity index (χ0v) is 25.1. The number of carbonyl (C=O) groups excluding carboxylic acids is 1. The van der Waals surface area contributed by atoms with Crippen molar-refractivity contribution in [1.29, 1.82) is 0 Å². The van der Waals surface area contributed by atoms with E-state index in [2.05, 4.69) is 79.3 Å². The van der Waals surface area contributed by atoms with Crippen LogP contribution >= 0.6 is 0 Å². The molecule has 0 saturated carbocycles. The van der Waals surface area contributed by atoms with Gasteiger partial charge in [-0.25, -0.2) is 0 Å². The Morgan fingerprint density at radius 2 is 1.22 bits per heavy atom. The van der Waals surface area contributed by atoms with Crippen LogP contribution in [0.3, 0.4) is 0 Å². The summed E-state index contributed by atoms with van der Waals surface area (Å²) in [6, 6.07) is 0. The normalized spacial score (nSPS) is 25.4. The first kappa shape index (κ1) is 31.1. The van der Waals surface area contributed by atoms with Crippen LogP contribution in [0.1, 0.15) is 126 Å². The average Bonchev–Trinajstić information content (AvgIpc) is 2.71. The highest BCUT2D eigenvalue weighted by molar-refractivity contribution is 5.69. The molecule has 1 unspecified atom stereocenters. The molecule has 1 N–H and O–H groups in total. The molecule has 0 aromatic heterocycles. The Bertz CT molecular complexity index is 722. The molecule has 1 atom stereocenters. The average molecular weight is 509 g/mol. The van der Waals surface area contributed by atoms with E-state index < -0.39 is 5.97 Å². The molecule has 2 aliphatic heterocycles. The Labute approximate surface area is 221 Å². The van der Waals surface area contributed by atoms with E-state index in [1.807, 2.05) is 0 Å². The van der Waals surface area contributed by atoms with Gasteiger partial charge in [0.1, 0.15) is 6.10 Å². The standard InChI is InChI=1S/C30H56N2O4/c1-27(2)18-23(19-28(3,4)31(27)9)22(14-12-11-13-15-25(33)34)16-17-26(35)36-24-20-29(5,6)32(10)30(7,8)21-24/h22-24H,11-21H2,1-10H3,(H,33,34). The van der Waals surface area contributed by atoms with Crippen molar-refractivity contribution in [3.63, 3.8) is 0 Å². The number of carboxylic acids is 1. The minimum atomic E-state index is -0.714. The third kappa shape index (κ3) is 8.18. The summed E-state index contributed by atoms with van der Waals surface area (Å²) >= 11 is 0. The molecule has 6 heteroatoms. The predicted octanol–water partition coefficient (Wildman–Crippen LogP) is 6.51. The second kappa shape index (κ2) is 11.7. The molecular formula is C30H56N2O4. The molecule has 2 saturated heterocycles. The lowest BCUT2D eigenvalue weighted by atomic mass is 9.67. The molecule has 0 aromatic rings. The van der Waals surface area contributed by atoms with Gasteiger partial charge in [0.2, 0.25) is 0 Å². The number of hydrogen-bond acceptors (Lipinski definition) is 5. The molecule has 0 amide bonds. The number of unbranched alkanes of at least 4 members (excludes halogenated alkanes) is 2. The fraction of sp³-hybridized carbons (Fsp3) is 0.933. The zero-order chi connectivity index (χ0) is 27.5. The maximum atomic E-state index is 13.1. The highest BCUT2D eigenvalue weighted by Gasteiger charge is 2.46. The van der Waals surface area contributed by atoms with Gasteiger partial charge in [-0.15, -0.1) is 0 Å². The lowest BCUT2D eigenvalue weighted by Gasteiger charge is -2.55. The number of piperidine rings is 2. The van der Waals surface area contributed by atoms with Gasteiger partial charge in [0.25, 0.3) is 0 Å². The summed E-state index contributed by atoms with van der Waals surface area (Å²) in [5.41, 5.74) is 0.215. The summed E-state index contributed by atoms with van der Waals surface area (Å²) in [7, 11) is 4.41. The number of aliphatic carboxylic acids is 1. The van der Waals surface area contributed by atoms with Crippen LogP contribution in [-0.2, 0) is 14.3 Å². The summed E-state index contributed by atoms with van der Waals surface area (Å²) < 4.78 is 6.08. The quantitative estimate of drug-likeness (QED) is 0.253. The zero-order valence-electron chi connectivity index (χ0n) is 25.1. The lowest BCUT2D eigenvalue weighted by Crippen LogP contribution is -2.60. The van der Waals surface area contributed by atoms with Crippen LogP contribution in [0.2, 0.25) is 0 Å². The number of hydrogen-bond donors (Lipinski definition) is 1. The third-order valence-electron chi connectivity index (χ3n) is 9.76. The van der Waals surface area contributed by atoms with Crippen molar-refractivity contribution in [2.45, 2.75) is 154 Å². The predicted molar refractivity (Wildman–Crippen MR) is 147 cm³/mol. The summed E-state index contributed by atoms with van der Waals surface area (Å²) in [5, 5.41) is 8.97. The summed E-state index contributed by atoms with van der Waals surface area (Å²) in [5.74, 6) is 0.242. The molecule has 0 aromatic carbocycles. The number of likely N-dealkylation sites (tertiary alicyclic amines) is 2. The Kier molecular flexibility index (Phi) is 10.1. The van der Waals surface area contributed by atoms with Crippen LogP contribution in [-0.4, -0.2) is 69.2 Å². The van der Waals surface area contributed by atoms with E-state index in [0.29, 0.717) is 18.3 Å². The fourth-order valence-electron chi connectivity index (χ4n) is 7.17. The molecule has 6 nitrogen and oxygen atoms in total. The largest absolute Gasteiger partial charge is 0.481 e. The molecule has 0 spiro atoms. The van der Waals surface area contributed by atoms with E-state index in [9.17, 15) is 9.59 Å². The number of carbonyl (C=O) groups is 2. The number of ether oxygens (including phenoxy) is 1. The van der Waals surface area contributed by atoms with E-state index in [1.165, 1.54) is 0 Å². The summed E-state index contributed by atoms with van der Waals surface area (Å²) in [6.45, 7) is 18.3. The second-order valence-corrected chi connectivity index (χ2v) is 14.3. The smallest absolute Gasteiger partial charge is 0.306 e. The van der Waals surface area contributed by atoms with E-state index in [0.717, 1.165) is 57.8 Å². The van der Waals surface area contributed by atoms with Gasteiger partial charge in [-0.2, -0.15) is 0 Å². The highest BCUT2D eigenvalue weighted by Crippen LogP contribution is 2.45. The summed E-state index contributed by atoms with van der Waals surface area (Å²) in [4.78, 5) is 28.9. The Hall–Kier alpha value is -1.14. The monoisotopic (exact) mass is 508 g/mol. The van der Waals surface area contributed by atoms with Gasteiger partial charge >= 0.3 is 11.9 Å². The van der Waals surface area contributed by atoms with Gasteiger partial charge in [-0.05, 0) is 107 Å². The number of rotatable bonds is 11. The number of carboxylic acid groups (broad SMARTS) is 1. The first-order chi connectivity index (χ1) is 16.4. The minimum absolute atomic E-state index is 0.00350. The highest BCUT2D eigenvalue weighted by atomic mass is 16.5. The minimum Gasteiger partial charge on any atom is -0.481 e. The van der Waals surface area contributed by atoms with Crippen LogP contribution in [0.15, 0.2) is 0 Å². The van der Waals surface area contributed by atoms with Crippen molar-refractivity contribution in [2.75, 3.05) is 14.1 Å². The molecule has 0 bridgehead atoms. The molecule has 2 fully saturated rings. The SMILES string of the molecule is CN1C(C)(C)CC(OC(=O)CCC(CCCCCC(=O)O)C2CC(C)(C)N(C)C(C)(C)C2)CC1(C)C. The van der Waals surface area contributed by atoms with E-state index in [4.69, 9.17) is 9.84 Å². The third-order valence-corrected chi connectivity index (χ3v) is 9.76. The van der Waals surface area contributed by atoms with Crippen molar-refractivity contribution in [3.8, 4) is 0 Å². The molecular weight excluding hydrogens is 452 g/mol. The van der Waals surface area contributed by atoms with E-state index in [-0.39, 0.29) is 40.6 Å². The number of nitrogens with zero attached hydrogens (tertiary/aromatic N) is 2. The second-order valence-electron chi connectivity index (χ2n) is 14.3.